The molecule has 2 N–H and O–H groups in total. The van der Waals surface area contributed by atoms with Crippen LogP contribution in [-0.2, 0) is 20.7 Å². The summed E-state index contributed by atoms with van der Waals surface area (Å²) in [7, 11) is -3.86. The maximum atomic E-state index is 11.6. The third-order valence-corrected chi connectivity index (χ3v) is 3.54. The minimum absolute atomic E-state index is 0.0415. The summed E-state index contributed by atoms with van der Waals surface area (Å²) in [6.07, 6.45) is -0.371. The first kappa shape index (κ1) is 14.1. The molecule has 0 radical (unpaired) electrons. The molecule has 0 heterocycles. The number of aliphatic hydroxyl groups excluding tert-OH is 2. The number of aryl methyl sites for hydroxylation is 1. The second kappa shape index (κ2) is 6.11. The van der Waals surface area contributed by atoms with Gasteiger partial charge in [0.05, 0.1) is 18.1 Å². The molecule has 0 aliphatic heterocycles. The highest BCUT2D eigenvalue weighted by molar-refractivity contribution is 7.86. The van der Waals surface area contributed by atoms with Gasteiger partial charge in [0.15, 0.2) is 0 Å². The molecule has 1 aromatic rings. The summed E-state index contributed by atoms with van der Waals surface area (Å²) >= 11 is 0. The first-order chi connectivity index (χ1) is 7.99. The zero-order chi connectivity index (χ0) is 12.9. The van der Waals surface area contributed by atoms with E-state index in [0.717, 1.165) is 12.0 Å². The molecule has 6 heteroatoms. The molecule has 0 spiro atoms. The van der Waals surface area contributed by atoms with Crippen molar-refractivity contribution in [1.82, 2.24) is 0 Å². The number of benzene rings is 1. The van der Waals surface area contributed by atoms with Crippen LogP contribution >= 0.6 is 0 Å². The summed E-state index contributed by atoms with van der Waals surface area (Å²) < 4.78 is 27.9. The molecule has 0 bridgehead atoms. The summed E-state index contributed by atoms with van der Waals surface area (Å²) in [5, 5.41) is 17.6. The van der Waals surface area contributed by atoms with Crippen LogP contribution in [0.5, 0.6) is 0 Å². The molecule has 0 fully saturated rings. The van der Waals surface area contributed by atoms with Crippen LogP contribution in [0.2, 0.25) is 0 Å². The van der Waals surface area contributed by atoms with Gasteiger partial charge in [0, 0.05) is 0 Å². The molecule has 0 aliphatic rings. The molecule has 0 aromatic heterocycles. The predicted octanol–water partition coefficient (Wildman–Crippen LogP) is 0.307. The summed E-state index contributed by atoms with van der Waals surface area (Å²) in [4.78, 5) is 0.0415. The average Bonchev–Trinajstić information content (AvgIpc) is 2.36. The minimum Gasteiger partial charge on any atom is -0.394 e. The van der Waals surface area contributed by atoms with Gasteiger partial charge in [0.2, 0.25) is 0 Å². The highest BCUT2D eigenvalue weighted by Gasteiger charge is 2.16. The molecule has 1 atom stereocenters. The lowest BCUT2D eigenvalue weighted by Gasteiger charge is -2.09. The van der Waals surface area contributed by atoms with Crippen LogP contribution in [0.4, 0.5) is 0 Å². The quantitative estimate of drug-likeness (QED) is 0.719. The van der Waals surface area contributed by atoms with Gasteiger partial charge in [0.25, 0.3) is 10.1 Å². The van der Waals surface area contributed by atoms with Gasteiger partial charge in [-0.3, -0.25) is 4.18 Å². The minimum atomic E-state index is -3.86. The van der Waals surface area contributed by atoms with Gasteiger partial charge >= 0.3 is 0 Å². The maximum Gasteiger partial charge on any atom is 0.297 e. The first-order valence-corrected chi connectivity index (χ1v) is 6.67. The Bertz CT molecular complexity index is 437. The maximum absolute atomic E-state index is 11.6. The van der Waals surface area contributed by atoms with Crippen LogP contribution in [-0.4, -0.2) is 37.9 Å². The molecule has 0 amide bonds. The van der Waals surface area contributed by atoms with Crippen molar-refractivity contribution in [2.75, 3.05) is 13.2 Å². The van der Waals surface area contributed by atoms with Crippen LogP contribution in [0, 0.1) is 0 Å². The van der Waals surface area contributed by atoms with Crippen molar-refractivity contribution in [2.24, 2.45) is 0 Å². The third kappa shape index (κ3) is 4.08. The largest absolute Gasteiger partial charge is 0.394 e. The van der Waals surface area contributed by atoms with Gasteiger partial charge in [-0.2, -0.15) is 8.42 Å². The summed E-state index contributed by atoms with van der Waals surface area (Å²) in [6, 6.07) is 6.33. The van der Waals surface area contributed by atoms with E-state index in [1.807, 2.05) is 6.92 Å². The lowest BCUT2D eigenvalue weighted by molar-refractivity contribution is 0.0557. The Labute approximate surface area is 101 Å². The van der Waals surface area contributed by atoms with Gasteiger partial charge < -0.3 is 10.2 Å². The van der Waals surface area contributed by atoms with Gasteiger partial charge in [-0.05, 0) is 24.1 Å². The molecule has 1 aromatic carbocycles. The fraction of sp³-hybridized carbons (Fsp3) is 0.455. The standard InChI is InChI=1S/C11H16O5S/c1-2-9-3-5-11(6-4-9)17(14,15)16-8-10(13)7-12/h3-6,10,12-13H,2,7-8H2,1H3. The smallest absolute Gasteiger partial charge is 0.297 e. The van der Waals surface area contributed by atoms with Crippen molar-refractivity contribution in [3.8, 4) is 0 Å². The van der Waals surface area contributed by atoms with Crippen LogP contribution in [0.1, 0.15) is 12.5 Å². The molecular weight excluding hydrogens is 244 g/mol. The molecule has 5 nitrogen and oxygen atoms in total. The van der Waals surface area contributed by atoms with Crippen molar-refractivity contribution in [2.45, 2.75) is 24.3 Å². The van der Waals surface area contributed by atoms with E-state index >= 15 is 0 Å². The molecule has 96 valence electrons. The summed E-state index contributed by atoms with van der Waals surface area (Å²) in [5.74, 6) is 0. The zero-order valence-electron chi connectivity index (χ0n) is 9.54. The Balaban J connectivity index is 2.75. The lowest BCUT2D eigenvalue weighted by Crippen LogP contribution is -2.22. The zero-order valence-corrected chi connectivity index (χ0v) is 10.4. The fourth-order valence-corrected chi connectivity index (χ4v) is 2.12. The van der Waals surface area contributed by atoms with Crippen LogP contribution in [0.25, 0.3) is 0 Å². The van der Waals surface area contributed by atoms with E-state index in [0.29, 0.717) is 0 Å². The van der Waals surface area contributed by atoms with E-state index < -0.39 is 29.4 Å². The lowest BCUT2D eigenvalue weighted by atomic mass is 10.2. The topological polar surface area (TPSA) is 83.8 Å². The monoisotopic (exact) mass is 260 g/mol. The van der Waals surface area contributed by atoms with Gasteiger partial charge in [0.1, 0.15) is 6.10 Å². The highest BCUT2D eigenvalue weighted by atomic mass is 32.2. The van der Waals surface area contributed by atoms with Gasteiger partial charge in [-0.15, -0.1) is 0 Å². The number of hydrogen-bond donors (Lipinski definition) is 2. The number of rotatable bonds is 6. The Hall–Kier alpha value is -0.950. The predicted molar refractivity (Wildman–Crippen MR) is 62.1 cm³/mol. The Morgan fingerprint density at radius 1 is 1.29 bits per heavy atom. The fourth-order valence-electron chi connectivity index (χ4n) is 1.18. The second-order valence-electron chi connectivity index (χ2n) is 3.57. The highest BCUT2D eigenvalue weighted by Crippen LogP contribution is 2.14. The Morgan fingerprint density at radius 3 is 2.35 bits per heavy atom. The molecule has 0 saturated carbocycles. The van der Waals surface area contributed by atoms with Crippen LogP contribution < -0.4 is 0 Å². The van der Waals surface area contributed by atoms with E-state index in [-0.39, 0.29) is 4.90 Å². The molecule has 1 rings (SSSR count). The summed E-state index contributed by atoms with van der Waals surface area (Å²) in [5.41, 5.74) is 1.03. The van der Waals surface area contributed by atoms with Crippen molar-refractivity contribution in [1.29, 1.82) is 0 Å². The number of aliphatic hydroxyl groups is 2. The molecule has 1 unspecified atom stereocenters. The SMILES string of the molecule is CCc1ccc(S(=O)(=O)OCC(O)CO)cc1. The van der Waals surface area contributed by atoms with E-state index in [4.69, 9.17) is 10.2 Å². The van der Waals surface area contributed by atoms with Crippen LogP contribution in [0.15, 0.2) is 29.2 Å². The summed E-state index contributed by atoms with van der Waals surface area (Å²) in [6.45, 7) is 0.982. The Kier molecular flexibility index (Phi) is 5.07. The van der Waals surface area contributed by atoms with Crippen molar-refractivity contribution in [3.63, 3.8) is 0 Å². The van der Waals surface area contributed by atoms with E-state index in [9.17, 15) is 8.42 Å². The van der Waals surface area contributed by atoms with E-state index in [2.05, 4.69) is 4.18 Å². The molecular formula is C11H16O5S. The molecule has 0 saturated heterocycles. The van der Waals surface area contributed by atoms with Crippen molar-refractivity contribution < 1.29 is 22.8 Å². The Morgan fingerprint density at radius 2 is 1.88 bits per heavy atom. The normalized spacial score (nSPS) is 13.6. The molecule has 0 aliphatic carbocycles. The average molecular weight is 260 g/mol. The third-order valence-electron chi connectivity index (χ3n) is 2.25. The number of hydrogen-bond acceptors (Lipinski definition) is 5. The molecule has 17 heavy (non-hydrogen) atoms. The van der Waals surface area contributed by atoms with Crippen molar-refractivity contribution in [3.05, 3.63) is 29.8 Å². The van der Waals surface area contributed by atoms with E-state index in [1.54, 1.807) is 12.1 Å². The van der Waals surface area contributed by atoms with Gasteiger partial charge in [-0.1, -0.05) is 19.1 Å². The van der Waals surface area contributed by atoms with E-state index in [1.165, 1.54) is 12.1 Å². The second-order valence-corrected chi connectivity index (χ2v) is 5.19. The van der Waals surface area contributed by atoms with Gasteiger partial charge in [-0.25, -0.2) is 0 Å². The van der Waals surface area contributed by atoms with Crippen LogP contribution in [0.3, 0.4) is 0 Å². The van der Waals surface area contributed by atoms with Crippen molar-refractivity contribution >= 4 is 10.1 Å². The first-order valence-electron chi connectivity index (χ1n) is 5.27.